The molecule has 2 aromatic rings. The van der Waals surface area contributed by atoms with E-state index in [2.05, 4.69) is 42.4 Å². The molecule has 0 aromatic carbocycles. The quantitative estimate of drug-likeness (QED) is 0.763. The topological polar surface area (TPSA) is 68.0 Å². The number of thiophene rings is 1. The molecule has 25 heavy (non-hydrogen) atoms. The summed E-state index contributed by atoms with van der Waals surface area (Å²) in [6.45, 7) is 8.48. The predicted octanol–water partition coefficient (Wildman–Crippen LogP) is 4.18. The van der Waals surface area contributed by atoms with Gasteiger partial charge in [0.15, 0.2) is 0 Å². The molecule has 3 rings (SSSR count). The van der Waals surface area contributed by atoms with E-state index in [-0.39, 0.29) is 17.7 Å². The molecule has 5 nitrogen and oxygen atoms in total. The molecule has 1 aliphatic rings. The molecule has 0 spiro atoms. The monoisotopic (exact) mass is 379 g/mol. The van der Waals surface area contributed by atoms with E-state index in [0.717, 1.165) is 23.6 Å². The van der Waals surface area contributed by atoms with Gasteiger partial charge in [-0.1, -0.05) is 32.5 Å². The van der Waals surface area contributed by atoms with Crippen LogP contribution in [0.5, 0.6) is 0 Å². The Morgan fingerprint density at radius 2 is 2.24 bits per heavy atom. The van der Waals surface area contributed by atoms with Gasteiger partial charge in [0.1, 0.15) is 0 Å². The molecule has 0 bridgehead atoms. The zero-order valence-electron chi connectivity index (χ0n) is 15.2. The molecule has 2 atom stereocenters. The summed E-state index contributed by atoms with van der Waals surface area (Å²) >= 11 is 3.04. The highest BCUT2D eigenvalue weighted by molar-refractivity contribution is 7.99. The van der Waals surface area contributed by atoms with Crippen molar-refractivity contribution < 1.29 is 9.21 Å². The first-order valence-electron chi connectivity index (χ1n) is 8.80. The van der Waals surface area contributed by atoms with Gasteiger partial charge in [-0.3, -0.25) is 4.79 Å². The molecule has 0 saturated carbocycles. The minimum atomic E-state index is -0.00785. The van der Waals surface area contributed by atoms with Crippen molar-refractivity contribution in [1.82, 2.24) is 15.5 Å². The highest BCUT2D eigenvalue weighted by Crippen LogP contribution is 2.37. The molecule has 136 valence electrons. The van der Waals surface area contributed by atoms with Crippen LogP contribution in [0.25, 0.3) is 10.8 Å². The van der Waals surface area contributed by atoms with Crippen molar-refractivity contribution in [3.63, 3.8) is 0 Å². The minimum Gasteiger partial charge on any atom is -0.410 e. The largest absolute Gasteiger partial charge is 0.410 e. The fourth-order valence-corrected chi connectivity index (χ4v) is 4.47. The third-order valence-corrected chi connectivity index (χ3v) is 6.71. The van der Waals surface area contributed by atoms with Gasteiger partial charge in [-0.2, -0.15) is 0 Å². The van der Waals surface area contributed by atoms with Crippen molar-refractivity contribution in [3.8, 4) is 10.8 Å². The van der Waals surface area contributed by atoms with E-state index in [9.17, 15) is 4.79 Å². The predicted molar refractivity (Wildman–Crippen MR) is 102 cm³/mol. The normalized spacial score (nSPS) is 18.2. The Morgan fingerprint density at radius 3 is 3.00 bits per heavy atom. The van der Waals surface area contributed by atoms with Gasteiger partial charge in [0.25, 0.3) is 11.1 Å². The fourth-order valence-electron chi connectivity index (χ4n) is 2.77. The maximum atomic E-state index is 12.0. The highest BCUT2D eigenvalue weighted by Gasteiger charge is 2.21. The van der Waals surface area contributed by atoms with Gasteiger partial charge in [-0.05, 0) is 49.7 Å². The number of thioether (sulfide) groups is 1. The van der Waals surface area contributed by atoms with Gasteiger partial charge >= 0.3 is 0 Å². The summed E-state index contributed by atoms with van der Waals surface area (Å²) in [6.07, 6.45) is 3.53. The van der Waals surface area contributed by atoms with Crippen LogP contribution in [-0.4, -0.2) is 27.9 Å². The SMILES string of the molecule is CC(C)[C@H](C)NC(=O)CSc1nnc(-c2cc3c(s2)CC[C@H](C)C3)o1. The molecule has 1 aliphatic carbocycles. The first-order chi connectivity index (χ1) is 11.9. The Morgan fingerprint density at radius 1 is 1.44 bits per heavy atom. The third kappa shape index (κ3) is 4.64. The van der Waals surface area contributed by atoms with Crippen molar-refractivity contribution in [2.75, 3.05) is 5.75 Å². The molecule has 1 amide bonds. The Hall–Kier alpha value is -1.34. The maximum Gasteiger partial charge on any atom is 0.277 e. The van der Waals surface area contributed by atoms with E-state index in [4.69, 9.17) is 4.42 Å². The van der Waals surface area contributed by atoms with Crippen LogP contribution in [0.15, 0.2) is 15.7 Å². The number of amides is 1. The van der Waals surface area contributed by atoms with Crippen LogP contribution in [0.1, 0.15) is 44.6 Å². The molecular formula is C18H25N3O2S2. The Labute approximate surface area is 157 Å². The van der Waals surface area contributed by atoms with Gasteiger partial charge in [0, 0.05) is 10.9 Å². The first kappa shape index (κ1) is 18.5. The van der Waals surface area contributed by atoms with Gasteiger partial charge in [-0.15, -0.1) is 21.5 Å². The van der Waals surface area contributed by atoms with Gasteiger partial charge in [0.2, 0.25) is 5.91 Å². The summed E-state index contributed by atoms with van der Waals surface area (Å²) < 4.78 is 5.75. The van der Waals surface area contributed by atoms with Crippen LogP contribution >= 0.6 is 23.1 Å². The van der Waals surface area contributed by atoms with Gasteiger partial charge in [0.05, 0.1) is 10.6 Å². The second-order valence-corrected chi connectivity index (χ2v) is 9.23. The van der Waals surface area contributed by atoms with E-state index in [1.165, 1.54) is 28.6 Å². The smallest absolute Gasteiger partial charge is 0.277 e. The average molecular weight is 380 g/mol. The fraction of sp³-hybridized carbons (Fsp3) is 0.611. The number of aromatic nitrogens is 2. The van der Waals surface area contributed by atoms with Crippen LogP contribution in [-0.2, 0) is 17.6 Å². The molecule has 7 heteroatoms. The average Bonchev–Trinajstić information content (AvgIpc) is 3.18. The number of fused-ring (bicyclic) bond motifs is 1. The van der Waals surface area contributed by atoms with Crippen LogP contribution in [0.4, 0.5) is 0 Å². The molecular weight excluding hydrogens is 354 g/mol. The summed E-state index contributed by atoms with van der Waals surface area (Å²) in [5, 5.41) is 11.7. The Bertz CT molecular complexity index is 739. The molecule has 0 fully saturated rings. The zero-order valence-corrected chi connectivity index (χ0v) is 16.8. The van der Waals surface area contributed by atoms with Crippen molar-refractivity contribution in [1.29, 1.82) is 0 Å². The number of carbonyl (C=O) groups excluding carboxylic acids is 1. The number of carbonyl (C=O) groups is 1. The second-order valence-electron chi connectivity index (χ2n) is 7.17. The van der Waals surface area contributed by atoms with E-state index < -0.39 is 0 Å². The van der Waals surface area contributed by atoms with Crippen molar-refractivity contribution in [2.45, 2.75) is 58.2 Å². The van der Waals surface area contributed by atoms with E-state index in [1.807, 2.05) is 6.92 Å². The number of aryl methyl sites for hydroxylation is 1. The molecule has 0 radical (unpaired) electrons. The van der Waals surface area contributed by atoms with Crippen LogP contribution in [0.3, 0.4) is 0 Å². The lowest BCUT2D eigenvalue weighted by Gasteiger charge is -2.16. The van der Waals surface area contributed by atoms with Crippen LogP contribution < -0.4 is 5.32 Å². The van der Waals surface area contributed by atoms with E-state index in [0.29, 0.717) is 17.0 Å². The maximum absolute atomic E-state index is 12.0. The molecule has 1 N–H and O–H groups in total. The summed E-state index contributed by atoms with van der Waals surface area (Å²) in [7, 11) is 0. The van der Waals surface area contributed by atoms with Crippen LogP contribution in [0, 0.1) is 11.8 Å². The zero-order chi connectivity index (χ0) is 18.0. The van der Waals surface area contributed by atoms with Crippen molar-refractivity contribution >= 4 is 29.0 Å². The molecule has 0 aliphatic heterocycles. The van der Waals surface area contributed by atoms with E-state index in [1.54, 1.807) is 11.3 Å². The second kappa shape index (κ2) is 7.91. The van der Waals surface area contributed by atoms with Crippen molar-refractivity contribution in [3.05, 3.63) is 16.5 Å². The number of nitrogens with one attached hydrogen (secondary N) is 1. The van der Waals surface area contributed by atoms with Crippen molar-refractivity contribution in [2.24, 2.45) is 11.8 Å². The molecule has 0 unspecified atom stereocenters. The van der Waals surface area contributed by atoms with Crippen LogP contribution in [0.2, 0.25) is 0 Å². The molecule has 2 aromatic heterocycles. The summed E-state index contributed by atoms with van der Waals surface area (Å²) in [6, 6.07) is 2.35. The van der Waals surface area contributed by atoms with E-state index >= 15 is 0 Å². The highest BCUT2D eigenvalue weighted by atomic mass is 32.2. The third-order valence-electron chi connectivity index (χ3n) is 4.66. The number of rotatable bonds is 6. The lowest BCUT2D eigenvalue weighted by Crippen LogP contribution is -2.37. The Kier molecular flexibility index (Phi) is 5.84. The molecule has 0 saturated heterocycles. The minimum absolute atomic E-state index is 0.00785. The van der Waals surface area contributed by atoms with Gasteiger partial charge in [-0.25, -0.2) is 0 Å². The first-order valence-corrected chi connectivity index (χ1v) is 10.6. The Balaban J connectivity index is 1.59. The number of hydrogen-bond acceptors (Lipinski definition) is 6. The summed E-state index contributed by atoms with van der Waals surface area (Å²) in [4.78, 5) is 14.4. The molecule has 2 heterocycles. The standard InChI is InChI=1S/C18H25N3O2S2/c1-10(2)12(4)19-16(22)9-24-18-21-20-17(23-18)15-8-13-7-11(3)5-6-14(13)25-15/h8,10-12H,5-7,9H2,1-4H3,(H,19,22)/t11-,12-/m0/s1. The number of nitrogens with zero attached hydrogens (tertiary/aromatic N) is 2. The lowest BCUT2D eigenvalue weighted by atomic mass is 9.90. The lowest BCUT2D eigenvalue weighted by molar-refractivity contribution is -0.119. The summed E-state index contributed by atoms with van der Waals surface area (Å²) in [5.74, 6) is 2.00. The number of hydrogen-bond donors (Lipinski definition) is 1. The summed E-state index contributed by atoms with van der Waals surface area (Å²) in [5.41, 5.74) is 1.42. The van der Waals surface area contributed by atoms with Gasteiger partial charge < -0.3 is 9.73 Å².